The molecule has 2 aromatic carbocycles. The molecule has 0 aliphatic rings. The van der Waals surface area contributed by atoms with Gasteiger partial charge < -0.3 is 10.1 Å². The number of pyridine rings is 1. The molecule has 4 heteroatoms. The number of methoxy groups -OCH3 is 1. The standard InChI is InChI=1S/C17H14N2O2/c1-21-17(20)12-7-9-13(10-8-12)19-16-6-2-5-15-14(16)4-3-11-18-15/h2-11,19H,1H3. The molecule has 0 radical (unpaired) electrons. The van der Waals surface area contributed by atoms with Crippen molar-refractivity contribution in [3.63, 3.8) is 0 Å². The third-order valence-corrected chi connectivity index (χ3v) is 3.23. The van der Waals surface area contributed by atoms with Gasteiger partial charge in [-0.25, -0.2) is 4.79 Å². The summed E-state index contributed by atoms with van der Waals surface area (Å²) >= 11 is 0. The van der Waals surface area contributed by atoms with Crippen LogP contribution in [0, 0.1) is 0 Å². The number of carbonyl (C=O) groups is 1. The Morgan fingerprint density at radius 1 is 1.05 bits per heavy atom. The fraction of sp³-hybridized carbons (Fsp3) is 0.0588. The summed E-state index contributed by atoms with van der Waals surface area (Å²) in [4.78, 5) is 15.7. The van der Waals surface area contributed by atoms with Gasteiger partial charge in [-0.2, -0.15) is 0 Å². The zero-order valence-corrected chi connectivity index (χ0v) is 11.5. The Bertz CT molecular complexity index is 777. The molecule has 0 bridgehead atoms. The van der Waals surface area contributed by atoms with Crippen molar-refractivity contribution in [1.82, 2.24) is 4.98 Å². The van der Waals surface area contributed by atoms with Crippen molar-refractivity contribution in [3.05, 3.63) is 66.4 Å². The Morgan fingerprint density at radius 3 is 2.62 bits per heavy atom. The molecule has 0 atom stereocenters. The molecule has 0 amide bonds. The van der Waals surface area contributed by atoms with Crippen LogP contribution in [0.15, 0.2) is 60.8 Å². The van der Waals surface area contributed by atoms with Crippen LogP contribution in [0.5, 0.6) is 0 Å². The number of aromatic nitrogens is 1. The average molecular weight is 278 g/mol. The predicted molar refractivity (Wildman–Crippen MR) is 82.8 cm³/mol. The Labute approximate surface area is 122 Å². The quantitative estimate of drug-likeness (QED) is 0.741. The van der Waals surface area contributed by atoms with Crippen molar-refractivity contribution in [1.29, 1.82) is 0 Å². The molecule has 3 rings (SSSR count). The monoisotopic (exact) mass is 278 g/mol. The Kier molecular flexibility index (Phi) is 3.51. The molecular formula is C17H14N2O2. The highest BCUT2D eigenvalue weighted by atomic mass is 16.5. The summed E-state index contributed by atoms with van der Waals surface area (Å²) in [6.07, 6.45) is 1.78. The summed E-state index contributed by atoms with van der Waals surface area (Å²) in [5.41, 5.74) is 3.35. The van der Waals surface area contributed by atoms with E-state index in [9.17, 15) is 4.79 Å². The van der Waals surface area contributed by atoms with Crippen LogP contribution >= 0.6 is 0 Å². The summed E-state index contributed by atoms with van der Waals surface area (Å²) in [6.45, 7) is 0. The summed E-state index contributed by atoms with van der Waals surface area (Å²) in [5, 5.41) is 4.39. The fourth-order valence-corrected chi connectivity index (χ4v) is 2.18. The van der Waals surface area contributed by atoms with Gasteiger partial charge in [-0.15, -0.1) is 0 Å². The lowest BCUT2D eigenvalue weighted by atomic mass is 10.1. The Balaban J connectivity index is 1.90. The van der Waals surface area contributed by atoms with Crippen molar-refractivity contribution in [2.45, 2.75) is 0 Å². The maximum Gasteiger partial charge on any atom is 0.337 e. The number of carbonyl (C=O) groups excluding carboxylic acids is 1. The minimum Gasteiger partial charge on any atom is -0.465 e. The largest absolute Gasteiger partial charge is 0.465 e. The first kappa shape index (κ1) is 13.1. The van der Waals surface area contributed by atoms with E-state index in [0.29, 0.717) is 5.56 Å². The second kappa shape index (κ2) is 5.63. The highest BCUT2D eigenvalue weighted by Crippen LogP contribution is 2.25. The zero-order valence-electron chi connectivity index (χ0n) is 11.5. The molecule has 21 heavy (non-hydrogen) atoms. The number of benzene rings is 2. The van der Waals surface area contributed by atoms with E-state index in [1.54, 1.807) is 18.3 Å². The van der Waals surface area contributed by atoms with E-state index in [4.69, 9.17) is 0 Å². The van der Waals surface area contributed by atoms with Gasteiger partial charge in [0.2, 0.25) is 0 Å². The maximum atomic E-state index is 11.4. The van der Waals surface area contributed by atoms with Crippen LogP contribution in [0.3, 0.4) is 0 Å². The highest BCUT2D eigenvalue weighted by molar-refractivity contribution is 5.93. The van der Waals surface area contributed by atoms with E-state index in [-0.39, 0.29) is 5.97 Å². The van der Waals surface area contributed by atoms with Crippen LogP contribution in [-0.4, -0.2) is 18.1 Å². The minimum atomic E-state index is -0.337. The zero-order chi connectivity index (χ0) is 14.7. The second-order valence-electron chi connectivity index (χ2n) is 4.57. The fourth-order valence-electron chi connectivity index (χ4n) is 2.18. The summed E-state index contributed by atoms with van der Waals surface area (Å²) in [7, 11) is 1.37. The van der Waals surface area contributed by atoms with Gasteiger partial charge in [0.05, 0.1) is 18.2 Å². The molecule has 0 aliphatic heterocycles. The molecule has 1 heterocycles. The molecule has 3 aromatic rings. The SMILES string of the molecule is COC(=O)c1ccc(Nc2cccc3ncccc23)cc1. The molecule has 0 saturated heterocycles. The highest BCUT2D eigenvalue weighted by Gasteiger charge is 2.05. The van der Waals surface area contributed by atoms with Crippen LogP contribution in [0.4, 0.5) is 11.4 Å². The number of esters is 1. The number of nitrogens with zero attached hydrogens (tertiary/aromatic N) is 1. The third-order valence-electron chi connectivity index (χ3n) is 3.23. The molecule has 0 aliphatic carbocycles. The van der Waals surface area contributed by atoms with Gasteiger partial charge in [-0.3, -0.25) is 4.98 Å². The minimum absolute atomic E-state index is 0.337. The molecule has 104 valence electrons. The number of fused-ring (bicyclic) bond motifs is 1. The molecule has 1 N–H and O–H groups in total. The van der Waals surface area contributed by atoms with Gasteiger partial charge >= 0.3 is 5.97 Å². The summed E-state index contributed by atoms with van der Waals surface area (Å²) in [6, 6.07) is 17.0. The van der Waals surface area contributed by atoms with Crippen LogP contribution < -0.4 is 5.32 Å². The van der Waals surface area contributed by atoms with Crippen LogP contribution in [0.1, 0.15) is 10.4 Å². The Morgan fingerprint density at radius 2 is 1.86 bits per heavy atom. The van der Waals surface area contributed by atoms with Gasteiger partial charge in [0, 0.05) is 23.0 Å². The van der Waals surface area contributed by atoms with E-state index in [0.717, 1.165) is 22.3 Å². The molecule has 4 nitrogen and oxygen atoms in total. The predicted octanol–water partition coefficient (Wildman–Crippen LogP) is 3.77. The topological polar surface area (TPSA) is 51.2 Å². The van der Waals surface area contributed by atoms with Crippen LogP contribution in [0.2, 0.25) is 0 Å². The van der Waals surface area contributed by atoms with Crippen molar-refractivity contribution in [2.24, 2.45) is 0 Å². The smallest absolute Gasteiger partial charge is 0.337 e. The molecule has 0 spiro atoms. The van der Waals surface area contributed by atoms with E-state index in [1.165, 1.54) is 7.11 Å². The van der Waals surface area contributed by atoms with Gasteiger partial charge in [-0.1, -0.05) is 6.07 Å². The molecule has 0 fully saturated rings. The Hall–Kier alpha value is -2.88. The van der Waals surface area contributed by atoms with Gasteiger partial charge in [0.15, 0.2) is 0 Å². The maximum absolute atomic E-state index is 11.4. The number of anilines is 2. The lowest BCUT2D eigenvalue weighted by Crippen LogP contribution is -2.01. The lowest BCUT2D eigenvalue weighted by molar-refractivity contribution is 0.0601. The summed E-state index contributed by atoms with van der Waals surface area (Å²) < 4.78 is 4.68. The number of nitrogens with one attached hydrogen (secondary N) is 1. The van der Waals surface area contributed by atoms with Gasteiger partial charge in [-0.05, 0) is 48.5 Å². The average Bonchev–Trinajstić information content (AvgIpc) is 2.55. The molecule has 0 unspecified atom stereocenters. The van der Waals surface area contributed by atoms with E-state index in [2.05, 4.69) is 15.0 Å². The van der Waals surface area contributed by atoms with Gasteiger partial charge in [0.25, 0.3) is 0 Å². The van der Waals surface area contributed by atoms with E-state index >= 15 is 0 Å². The van der Waals surface area contributed by atoms with E-state index in [1.807, 2.05) is 42.5 Å². The second-order valence-corrected chi connectivity index (χ2v) is 4.57. The van der Waals surface area contributed by atoms with Crippen molar-refractivity contribution < 1.29 is 9.53 Å². The summed E-state index contributed by atoms with van der Waals surface area (Å²) in [5.74, 6) is -0.337. The first-order valence-corrected chi connectivity index (χ1v) is 6.57. The van der Waals surface area contributed by atoms with Crippen LogP contribution in [0.25, 0.3) is 10.9 Å². The lowest BCUT2D eigenvalue weighted by Gasteiger charge is -2.09. The first-order valence-electron chi connectivity index (χ1n) is 6.57. The third kappa shape index (κ3) is 2.69. The van der Waals surface area contributed by atoms with Crippen molar-refractivity contribution in [3.8, 4) is 0 Å². The number of ether oxygens (including phenoxy) is 1. The van der Waals surface area contributed by atoms with Crippen molar-refractivity contribution >= 4 is 28.2 Å². The van der Waals surface area contributed by atoms with Gasteiger partial charge in [0.1, 0.15) is 0 Å². The normalized spacial score (nSPS) is 10.3. The van der Waals surface area contributed by atoms with E-state index < -0.39 is 0 Å². The molecule has 0 saturated carbocycles. The first-order chi connectivity index (χ1) is 10.3. The number of hydrogen-bond donors (Lipinski definition) is 1. The number of rotatable bonds is 3. The number of hydrogen-bond acceptors (Lipinski definition) is 4. The molecule has 1 aromatic heterocycles. The van der Waals surface area contributed by atoms with Crippen LogP contribution in [-0.2, 0) is 4.74 Å². The van der Waals surface area contributed by atoms with Crippen molar-refractivity contribution in [2.75, 3.05) is 12.4 Å². The molecular weight excluding hydrogens is 264 g/mol.